The van der Waals surface area contributed by atoms with Gasteiger partial charge in [0.15, 0.2) is 5.37 Å². The molecule has 1 atom stereocenters. The largest absolute Gasteiger partial charge is 0.399 e. The Morgan fingerprint density at radius 3 is 2.40 bits per heavy atom. The highest BCUT2D eigenvalue weighted by Crippen LogP contribution is 2.30. The van der Waals surface area contributed by atoms with E-state index in [0.29, 0.717) is 22.0 Å². The Morgan fingerprint density at radius 2 is 1.80 bits per heavy atom. The lowest BCUT2D eigenvalue weighted by Gasteiger charge is -2.18. The van der Waals surface area contributed by atoms with E-state index in [0.717, 1.165) is 0 Å². The zero-order chi connectivity index (χ0) is 14.8. The standard InChI is InChI=1S/C13H13ClN2O3S/c14-11-7-6-10(15)8-12(11)16-13(20(17,18)19)9-4-2-1-3-5-9/h1-8,13,16H,15H2,(H,17,18,19). The number of halogens is 1. The summed E-state index contributed by atoms with van der Waals surface area (Å²) in [6.07, 6.45) is 0. The Morgan fingerprint density at radius 1 is 1.15 bits per heavy atom. The van der Waals surface area contributed by atoms with E-state index in [1.165, 1.54) is 6.07 Å². The van der Waals surface area contributed by atoms with Crippen LogP contribution < -0.4 is 11.1 Å². The number of hydrogen-bond donors (Lipinski definition) is 3. The van der Waals surface area contributed by atoms with Crippen LogP contribution >= 0.6 is 11.6 Å². The normalized spacial score (nSPS) is 12.9. The van der Waals surface area contributed by atoms with Crippen molar-refractivity contribution in [2.45, 2.75) is 5.37 Å². The zero-order valence-electron chi connectivity index (χ0n) is 10.3. The van der Waals surface area contributed by atoms with Crippen LogP contribution in [0.15, 0.2) is 48.5 Å². The van der Waals surface area contributed by atoms with Crippen LogP contribution in [0.3, 0.4) is 0 Å². The van der Waals surface area contributed by atoms with Crippen LogP contribution in [0.1, 0.15) is 10.9 Å². The molecule has 1 unspecified atom stereocenters. The predicted molar refractivity (Wildman–Crippen MR) is 80.2 cm³/mol. The van der Waals surface area contributed by atoms with Gasteiger partial charge in [-0.05, 0) is 23.8 Å². The minimum Gasteiger partial charge on any atom is -0.399 e. The van der Waals surface area contributed by atoms with Crippen molar-refractivity contribution in [3.63, 3.8) is 0 Å². The lowest BCUT2D eigenvalue weighted by molar-refractivity contribution is 0.473. The minimum atomic E-state index is -4.36. The van der Waals surface area contributed by atoms with Gasteiger partial charge in [0.2, 0.25) is 0 Å². The molecule has 0 aliphatic heterocycles. The molecule has 0 aliphatic rings. The maximum atomic E-state index is 11.6. The summed E-state index contributed by atoms with van der Waals surface area (Å²) in [7, 11) is -4.36. The maximum absolute atomic E-state index is 11.6. The summed E-state index contributed by atoms with van der Waals surface area (Å²) < 4.78 is 32.5. The van der Waals surface area contributed by atoms with E-state index in [-0.39, 0.29) is 0 Å². The van der Waals surface area contributed by atoms with Crippen LogP contribution in [-0.4, -0.2) is 13.0 Å². The maximum Gasteiger partial charge on any atom is 0.290 e. The van der Waals surface area contributed by atoms with E-state index < -0.39 is 15.5 Å². The van der Waals surface area contributed by atoms with Crippen LogP contribution in [0.25, 0.3) is 0 Å². The number of benzene rings is 2. The first kappa shape index (κ1) is 14.6. The summed E-state index contributed by atoms with van der Waals surface area (Å²) in [6, 6.07) is 12.9. The summed E-state index contributed by atoms with van der Waals surface area (Å²) in [5.41, 5.74) is 6.80. The second kappa shape index (κ2) is 5.70. The van der Waals surface area contributed by atoms with Crippen molar-refractivity contribution in [3.8, 4) is 0 Å². The van der Waals surface area contributed by atoms with Gasteiger partial charge in [-0.25, -0.2) is 0 Å². The highest BCUT2D eigenvalue weighted by atomic mass is 35.5. The van der Waals surface area contributed by atoms with Crippen molar-refractivity contribution in [2.75, 3.05) is 11.1 Å². The summed E-state index contributed by atoms with van der Waals surface area (Å²) in [5, 5.41) is 1.69. The fraction of sp³-hybridized carbons (Fsp3) is 0.0769. The molecule has 106 valence electrons. The Balaban J connectivity index is 2.42. The Kier molecular flexibility index (Phi) is 4.17. The molecule has 0 spiro atoms. The van der Waals surface area contributed by atoms with Crippen molar-refractivity contribution in [1.82, 2.24) is 0 Å². The van der Waals surface area contributed by atoms with E-state index in [9.17, 15) is 13.0 Å². The van der Waals surface area contributed by atoms with Gasteiger partial charge in [0.1, 0.15) is 0 Å². The van der Waals surface area contributed by atoms with E-state index in [4.69, 9.17) is 17.3 Å². The molecule has 0 heterocycles. The van der Waals surface area contributed by atoms with Gasteiger partial charge in [0.25, 0.3) is 10.1 Å². The second-order valence-corrected chi connectivity index (χ2v) is 6.10. The molecule has 0 saturated heterocycles. The van der Waals surface area contributed by atoms with Gasteiger partial charge in [0.05, 0.1) is 10.7 Å². The van der Waals surface area contributed by atoms with Gasteiger partial charge < -0.3 is 11.1 Å². The minimum absolute atomic E-state index is 0.309. The van der Waals surface area contributed by atoms with Crippen LogP contribution in [0.2, 0.25) is 5.02 Å². The SMILES string of the molecule is Nc1ccc(Cl)c(NC(c2ccccc2)S(=O)(=O)O)c1. The number of nitrogen functional groups attached to an aromatic ring is 1. The summed E-state index contributed by atoms with van der Waals surface area (Å²) in [6.45, 7) is 0. The van der Waals surface area contributed by atoms with Gasteiger partial charge in [-0.2, -0.15) is 8.42 Å². The molecule has 0 radical (unpaired) electrons. The first-order chi connectivity index (χ1) is 9.38. The molecule has 2 aromatic rings. The molecule has 7 heteroatoms. The van der Waals surface area contributed by atoms with Gasteiger partial charge in [-0.15, -0.1) is 0 Å². The van der Waals surface area contributed by atoms with E-state index >= 15 is 0 Å². The first-order valence-electron chi connectivity index (χ1n) is 5.71. The van der Waals surface area contributed by atoms with Crippen LogP contribution in [0, 0.1) is 0 Å². The second-order valence-electron chi connectivity index (χ2n) is 4.19. The topological polar surface area (TPSA) is 92.4 Å². The third-order valence-corrected chi connectivity index (χ3v) is 3.99. The quantitative estimate of drug-likeness (QED) is 0.596. The smallest absolute Gasteiger partial charge is 0.290 e. The molecule has 0 aromatic heterocycles. The Bertz CT molecular complexity index is 705. The third kappa shape index (κ3) is 3.41. The Hall–Kier alpha value is -1.76. The van der Waals surface area contributed by atoms with Crippen LogP contribution in [-0.2, 0) is 10.1 Å². The van der Waals surface area contributed by atoms with Crippen LogP contribution in [0.4, 0.5) is 11.4 Å². The molecule has 2 aromatic carbocycles. The molecule has 0 saturated carbocycles. The van der Waals surface area contributed by atoms with Gasteiger partial charge in [-0.1, -0.05) is 41.9 Å². The van der Waals surface area contributed by atoms with E-state index in [1.54, 1.807) is 42.5 Å². The molecular weight excluding hydrogens is 300 g/mol. The fourth-order valence-electron chi connectivity index (χ4n) is 1.75. The van der Waals surface area contributed by atoms with E-state index in [2.05, 4.69) is 5.32 Å². The average Bonchev–Trinajstić information content (AvgIpc) is 2.39. The number of hydrogen-bond acceptors (Lipinski definition) is 4. The average molecular weight is 313 g/mol. The number of rotatable bonds is 4. The molecule has 20 heavy (non-hydrogen) atoms. The first-order valence-corrected chi connectivity index (χ1v) is 7.59. The van der Waals surface area contributed by atoms with Crippen molar-refractivity contribution in [2.24, 2.45) is 0 Å². The molecule has 0 aliphatic carbocycles. The Labute approximate surface area is 122 Å². The van der Waals surface area contributed by atoms with Crippen molar-refractivity contribution in [1.29, 1.82) is 0 Å². The van der Waals surface area contributed by atoms with Crippen molar-refractivity contribution < 1.29 is 13.0 Å². The molecule has 5 nitrogen and oxygen atoms in total. The number of nitrogens with one attached hydrogen (secondary N) is 1. The predicted octanol–water partition coefficient (Wildman–Crippen LogP) is 2.92. The highest BCUT2D eigenvalue weighted by molar-refractivity contribution is 7.86. The number of anilines is 2. The monoisotopic (exact) mass is 312 g/mol. The fourth-order valence-corrected chi connectivity index (χ4v) is 2.70. The summed E-state index contributed by atoms with van der Waals surface area (Å²) in [5.74, 6) is 0. The summed E-state index contributed by atoms with van der Waals surface area (Å²) >= 11 is 5.98. The molecule has 0 bridgehead atoms. The van der Waals surface area contributed by atoms with Crippen molar-refractivity contribution >= 4 is 33.1 Å². The molecule has 2 rings (SSSR count). The molecule has 0 amide bonds. The molecule has 0 fully saturated rings. The third-order valence-electron chi connectivity index (χ3n) is 2.68. The lowest BCUT2D eigenvalue weighted by Crippen LogP contribution is -2.20. The lowest BCUT2D eigenvalue weighted by atomic mass is 10.2. The van der Waals surface area contributed by atoms with Gasteiger partial charge >= 0.3 is 0 Å². The highest BCUT2D eigenvalue weighted by Gasteiger charge is 2.25. The molecular formula is C13H13ClN2O3S. The van der Waals surface area contributed by atoms with Gasteiger partial charge in [-0.3, -0.25) is 4.55 Å². The molecule has 4 N–H and O–H groups in total. The van der Waals surface area contributed by atoms with Crippen molar-refractivity contribution in [3.05, 3.63) is 59.1 Å². The summed E-state index contributed by atoms with van der Waals surface area (Å²) in [4.78, 5) is 0. The zero-order valence-corrected chi connectivity index (χ0v) is 11.9. The van der Waals surface area contributed by atoms with Crippen LogP contribution in [0.5, 0.6) is 0 Å². The number of nitrogens with two attached hydrogens (primary N) is 1. The van der Waals surface area contributed by atoms with Gasteiger partial charge in [0, 0.05) is 5.69 Å². The van der Waals surface area contributed by atoms with E-state index in [1.807, 2.05) is 0 Å².